The molecular formula is C25H23F3N2O4. The number of alkyl halides is 3. The number of oxazole rings is 1. The summed E-state index contributed by atoms with van der Waals surface area (Å²) in [6.45, 7) is 2.20. The zero-order valence-electron chi connectivity index (χ0n) is 18.5. The number of nitrogens with zero attached hydrogens (tertiary/aromatic N) is 2. The van der Waals surface area contributed by atoms with E-state index in [-0.39, 0.29) is 39.1 Å². The standard InChI is InChI=1S/C25H23F3N2O4/c1-23(2,18-8-5-7-17(21(18)32)22-29-11-13-34-22)14-24(33,25(26,27)28)15-30-12-10-20(31)16-6-3-4-9-19(16)30/h3-13,32-33H,14-15H2,1-2H3. The molecule has 0 bridgehead atoms. The Kier molecular flexibility index (Phi) is 5.77. The number of rotatable bonds is 6. The van der Waals surface area contributed by atoms with Crippen LogP contribution in [0.4, 0.5) is 13.2 Å². The molecule has 34 heavy (non-hydrogen) atoms. The van der Waals surface area contributed by atoms with Crippen LogP contribution in [0.5, 0.6) is 5.75 Å². The third-order valence-corrected chi connectivity index (χ3v) is 6.01. The Hall–Kier alpha value is -3.59. The van der Waals surface area contributed by atoms with Gasteiger partial charge in [-0.2, -0.15) is 13.2 Å². The predicted octanol–water partition coefficient (Wildman–Crippen LogP) is 5.02. The van der Waals surface area contributed by atoms with Crippen LogP contribution in [0.25, 0.3) is 22.4 Å². The quantitative estimate of drug-likeness (QED) is 0.411. The smallest absolute Gasteiger partial charge is 0.418 e. The highest BCUT2D eigenvalue weighted by Gasteiger charge is 2.56. The van der Waals surface area contributed by atoms with Crippen molar-refractivity contribution in [1.29, 1.82) is 0 Å². The van der Waals surface area contributed by atoms with Gasteiger partial charge in [-0.3, -0.25) is 4.79 Å². The van der Waals surface area contributed by atoms with E-state index in [1.807, 2.05) is 0 Å². The fourth-order valence-electron chi connectivity index (χ4n) is 4.37. The Morgan fingerprint density at radius 1 is 1.06 bits per heavy atom. The number of aromatic hydroxyl groups is 1. The zero-order chi connectivity index (χ0) is 24.7. The molecular weight excluding hydrogens is 449 g/mol. The van der Waals surface area contributed by atoms with Crippen molar-refractivity contribution in [3.8, 4) is 17.2 Å². The van der Waals surface area contributed by atoms with E-state index in [0.29, 0.717) is 0 Å². The molecule has 2 N–H and O–H groups in total. The Bertz CT molecular complexity index is 1380. The second-order valence-electron chi connectivity index (χ2n) is 8.95. The number of fused-ring (bicyclic) bond motifs is 1. The molecule has 0 aliphatic heterocycles. The summed E-state index contributed by atoms with van der Waals surface area (Å²) in [5.41, 5.74) is -4.08. The molecule has 4 aromatic rings. The molecule has 0 saturated heterocycles. The number of hydrogen-bond donors (Lipinski definition) is 2. The molecule has 1 atom stereocenters. The normalized spacial score (nSPS) is 14.3. The monoisotopic (exact) mass is 472 g/mol. The summed E-state index contributed by atoms with van der Waals surface area (Å²) in [6.07, 6.45) is -1.79. The van der Waals surface area contributed by atoms with Crippen molar-refractivity contribution in [2.24, 2.45) is 0 Å². The highest BCUT2D eigenvalue weighted by molar-refractivity contribution is 5.78. The minimum Gasteiger partial charge on any atom is -0.507 e. The molecule has 0 aliphatic rings. The van der Waals surface area contributed by atoms with Gasteiger partial charge in [0.15, 0.2) is 11.0 Å². The Morgan fingerprint density at radius 2 is 1.79 bits per heavy atom. The summed E-state index contributed by atoms with van der Waals surface area (Å²) in [5.74, 6) is -0.144. The van der Waals surface area contributed by atoms with Gasteiger partial charge in [0.1, 0.15) is 12.0 Å². The lowest BCUT2D eigenvalue weighted by molar-refractivity contribution is -0.271. The fourth-order valence-corrected chi connectivity index (χ4v) is 4.37. The van der Waals surface area contributed by atoms with Crippen LogP contribution in [-0.4, -0.2) is 31.5 Å². The van der Waals surface area contributed by atoms with E-state index >= 15 is 0 Å². The maximum absolute atomic E-state index is 14.3. The van der Waals surface area contributed by atoms with E-state index in [4.69, 9.17) is 4.42 Å². The minimum absolute atomic E-state index is 0.126. The van der Waals surface area contributed by atoms with Gasteiger partial charge in [0.05, 0.1) is 23.8 Å². The van der Waals surface area contributed by atoms with Crippen molar-refractivity contribution in [2.75, 3.05) is 0 Å². The van der Waals surface area contributed by atoms with Gasteiger partial charge in [-0.15, -0.1) is 0 Å². The van der Waals surface area contributed by atoms with Crippen molar-refractivity contribution >= 4 is 10.9 Å². The molecule has 0 amide bonds. The number of para-hydroxylation sites is 2. The molecule has 0 fully saturated rings. The number of hydrogen-bond acceptors (Lipinski definition) is 5. The highest BCUT2D eigenvalue weighted by Crippen LogP contribution is 2.46. The van der Waals surface area contributed by atoms with Gasteiger partial charge in [-0.25, -0.2) is 4.98 Å². The third-order valence-electron chi connectivity index (χ3n) is 6.01. The predicted molar refractivity (Wildman–Crippen MR) is 120 cm³/mol. The van der Waals surface area contributed by atoms with Gasteiger partial charge in [-0.1, -0.05) is 38.1 Å². The van der Waals surface area contributed by atoms with E-state index in [1.165, 1.54) is 61.3 Å². The summed E-state index contributed by atoms with van der Waals surface area (Å²) in [7, 11) is 0. The summed E-state index contributed by atoms with van der Waals surface area (Å²) < 4.78 is 49.4. The first-order chi connectivity index (χ1) is 15.9. The van der Waals surface area contributed by atoms with Crippen LogP contribution >= 0.6 is 0 Å². The van der Waals surface area contributed by atoms with E-state index in [1.54, 1.807) is 24.3 Å². The molecule has 4 rings (SSSR count). The molecule has 2 aromatic carbocycles. The molecule has 0 saturated carbocycles. The van der Waals surface area contributed by atoms with E-state index in [2.05, 4.69) is 4.98 Å². The molecule has 9 heteroatoms. The van der Waals surface area contributed by atoms with E-state index < -0.39 is 30.2 Å². The lowest BCUT2D eigenvalue weighted by atomic mass is 9.74. The topological polar surface area (TPSA) is 88.5 Å². The SMILES string of the molecule is CC(C)(CC(O)(Cn1ccc(=O)c2ccccc21)C(F)(F)F)c1cccc(-c2ncco2)c1O. The number of halogens is 3. The average molecular weight is 472 g/mol. The highest BCUT2D eigenvalue weighted by atomic mass is 19.4. The number of phenols is 1. The Morgan fingerprint density at radius 3 is 2.47 bits per heavy atom. The van der Waals surface area contributed by atoms with Gasteiger partial charge in [-0.05, 0) is 30.0 Å². The molecule has 2 aromatic heterocycles. The first kappa shape index (κ1) is 23.6. The van der Waals surface area contributed by atoms with Gasteiger partial charge in [0, 0.05) is 23.2 Å². The van der Waals surface area contributed by atoms with Crippen LogP contribution in [-0.2, 0) is 12.0 Å². The lowest BCUT2D eigenvalue weighted by Gasteiger charge is -2.39. The number of aliphatic hydroxyl groups is 1. The van der Waals surface area contributed by atoms with Crippen molar-refractivity contribution < 1.29 is 27.8 Å². The second-order valence-corrected chi connectivity index (χ2v) is 8.95. The Labute approximate surface area is 192 Å². The van der Waals surface area contributed by atoms with Crippen LogP contribution in [0.1, 0.15) is 25.8 Å². The van der Waals surface area contributed by atoms with Crippen LogP contribution in [0.15, 0.2) is 76.4 Å². The van der Waals surface area contributed by atoms with Crippen LogP contribution < -0.4 is 5.43 Å². The second kappa shape index (κ2) is 8.32. The number of benzene rings is 2. The summed E-state index contributed by atoms with van der Waals surface area (Å²) in [6, 6.07) is 12.1. The van der Waals surface area contributed by atoms with Gasteiger partial charge in [0.2, 0.25) is 5.89 Å². The molecule has 2 heterocycles. The lowest BCUT2D eigenvalue weighted by Crippen LogP contribution is -2.52. The zero-order valence-corrected chi connectivity index (χ0v) is 18.5. The maximum Gasteiger partial charge on any atom is 0.418 e. The van der Waals surface area contributed by atoms with Gasteiger partial charge >= 0.3 is 6.18 Å². The molecule has 0 radical (unpaired) electrons. The number of aromatic nitrogens is 2. The van der Waals surface area contributed by atoms with E-state index in [0.717, 1.165) is 0 Å². The third kappa shape index (κ3) is 4.19. The minimum atomic E-state index is -5.00. The van der Waals surface area contributed by atoms with Crippen molar-refractivity contribution in [1.82, 2.24) is 9.55 Å². The first-order valence-electron chi connectivity index (χ1n) is 10.5. The van der Waals surface area contributed by atoms with Crippen LogP contribution in [0.3, 0.4) is 0 Å². The summed E-state index contributed by atoms with van der Waals surface area (Å²) >= 11 is 0. The molecule has 0 aliphatic carbocycles. The van der Waals surface area contributed by atoms with Crippen LogP contribution in [0, 0.1) is 0 Å². The summed E-state index contributed by atoms with van der Waals surface area (Å²) in [5, 5.41) is 22.1. The number of pyridine rings is 1. The summed E-state index contributed by atoms with van der Waals surface area (Å²) in [4.78, 5) is 16.1. The van der Waals surface area contributed by atoms with Crippen LogP contribution in [0.2, 0.25) is 0 Å². The largest absolute Gasteiger partial charge is 0.507 e. The van der Waals surface area contributed by atoms with Crippen molar-refractivity contribution in [2.45, 2.75) is 44.0 Å². The fraction of sp³-hybridized carbons (Fsp3) is 0.280. The average Bonchev–Trinajstić information content (AvgIpc) is 3.29. The molecule has 1 unspecified atom stereocenters. The van der Waals surface area contributed by atoms with Gasteiger partial charge < -0.3 is 19.2 Å². The molecule has 6 nitrogen and oxygen atoms in total. The van der Waals surface area contributed by atoms with Gasteiger partial charge in [0.25, 0.3) is 0 Å². The maximum atomic E-state index is 14.3. The van der Waals surface area contributed by atoms with Crippen molar-refractivity contribution in [3.63, 3.8) is 0 Å². The van der Waals surface area contributed by atoms with E-state index in [9.17, 15) is 28.2 Å². The molecule has 0 spiro atoms. The molecule has 178 valence electrons. The first-order valence-corrected chi connectivity index (χ1v) is 10.5. The number of phenolic OH excluding ortho intramolecular Hbond substituents is 1. The van der Waals surface area contributed by atoms with Crippen molar-refractivity contribution in [3.05, 3.63) is 83.0 Å². The Balaban J connectivity index is 1.76.